The molecule has 0 bridgehead atoms. The van der Waals surface area contributed by atoms with Gasteiger partial charge >= 0.3 is 0 Å². The molecule has 3 aromatic rings. The van der Waals surface area contributed by atoms with E-state index in [4.69, 9.17) is 5.26 Å². The molecule has 150 valence electrons. The van der Waals surface area contributed by atoms with Crippen molar-refractivity contribution in [1.29, 1.82) is 5.26 Å². The quantitative estimate of drug-likeness (QED) is 0.675. The van der Waals surface area contributed by atoms with Crippen LogP contribution in [0.25, 0.3) is 0 Å². The summed E-state index contributed by atoms with van der Waals surface area (Å²) in [6.45, 7) is -0.0146. The lowest BCUT2D eigenvalue weighted by Crippen LogP contribution is -2.41. The SMILES string of the molecule is N#Cc1cccc(Cc2cccc3c2NC(=NCc2ccccc2F)NS3(=O)=O)c1. The molecule has 4 rings (SSSR count). The molecular weight excluding hydrogens is 403 g/mol. The third kappa shape index (κ3) is 4.02. The van der Waals surface area contributed by atoms with Crippen LogP contribution in [-0.2, 0) is 23.0 Å². The zero-order valence-electron chi connectivity index (χ0n) is 15.8. The first-order chi connectivity index (χ1) is 14.5. The number of nitrogens with one attached hydrogen (secondary N) is 2. The number of benzene rings is 3. The molecular formula is C22H17FN4O2S. The van der Waals surface area contributed by atoms with Crippen LogP contribution < -0.4 is 10.0 Å². The van der Waals surface area contributed by atoms with Gasteiger partial charge in [0.25, 0.3) is 10.0 Å². The molecule has 0 saturated heterocycles. The third-order valence-corrected chi connectivity index (χ3v) is 6.07. The zero-order valence-corrected chi connectivity index (χ0v) is 16.6. The molecule has 6 nitrogen and oxygen atoms in total. The van der Waals surface area contributed by atoms with Crippen molar-refractivity contribution in [2.45, 2.75) is 17.9 Å². The number of para-hydroxylation sites is 1. The molecule has 0 fully saturated rings. The van der Waals surface area contributed by atoms with E-state index in [0.29, 0.717) is 23.2 Å². The van der Waals surface area contributed by atoms with Crippen LogP contribution in [0.3, 0.4) is 0 Å². The van der Waals surface area contributed by atoms with Crippen molar-refractivity contribution < 1.29 is 12.8 Å². The van der Waals surface area contributed by atoms with Crippen molar-refractivity contribution in [2.75, 3.05) is 5.32 Å². The summed E-state index contributed by atoms with van der Waals surface area (Å²) in [6, 6.07) is 20.4. The lowest BCUT2D eigenvalue weighted by atomic mass is 10.0. The third-order valence-electron chi connectivity index (χ3n) is 4.69. The molecule has 0 radical (unpaired) electrons. The molecule has 30 heavy (non-hydrogen) atoms. The fourth-order valence-electron chi connectivity index (χ4n) is 3.25. The van der Waals surface area contributed by atoms with Crippen molar-refractivity contribution in [1.82, 2.24) is 4.72 Å². The number of guanidine groups is 1. The van der Waals surface area contributed by atoms with E-state index in [2.05, 4.69) is 21.1 Å². The molecule has 0 spiro atoms. The van der Waals surface area contributed by atoms with Gasteiger partial charge in [-0.25, -0.2) is 22.5 Å². The Kier molecular flexibility index (Phi) is 5.21. The van der Waals surface area contributed by atoms with E-state index in [-0.39, 0.29) is 17.4 Å². The molecule has 0 unspecified atom stereocenters. The van der Waals surface area contributed by atoms with E-state index < -0.39 is 15.8 Å². The molecule has 1 aliphatic rings. The van der Waals surface area contributed by atoms with Gasteiger partial charge in [0.15, 0.2) is 0 Å². The Labute approximate surface area is 173 Å². The second-order valence-corrected chi connectivity index (χ2v) is 8.42. The van der Waals surface area contributed by atoms with Gasteiger partial charge in [-0.15, -0.1) is 0 Å². The molecule has 0 saturated carbocycles. The van der Waals surface area contributed by atoms with Gasteiger partial charge in [0.2, 0.25) is 5.96 Å². The predicted molar refractivity (Wildman–Crippen MR) is 112 cm³/mol. The summed E-state index contributed by atoms with van der Waals surface area (Å²) in [5.41, 5.74) is 2.94. The first kappa shape index (κ1) is 19.6. The van der Waals surface area contributed by atoms with Crippen molar-refractivity contribution in [3.63, 3.8) is 0 Å². The van der Waals surface area contributed by atoms with Crippen LogP contribution >= 0.6 is 0 Å². The van der Waals surface area contributed by atoms with E-state index in [1.807, 2.05) is 12.1 Å². The van der Waals surface area contributed by atoms with Crippen molar-refractivity contribution in [2.24, 2.45) is 4.99 Å². The lowest BCUT2D eigenvalue weighted by Gasteiger charge is -2.24. The van der Waals surface area contributed by atoms with Crippen LogP contribution in [-0.4, -0.2) is 14.4 Å². The first-order valence-corrected chi connectivity index (χ1v) is 10.6. The largest absolute Gasteiger partial charge is 0.324 e. The molecule has 0 amide bonds. The Morgan fingerprint density at radius 2 is 1.77 bits per heavy atom. The predicted octanol–water partition coefficient (Wildman–Crippen LogP) is 3.55. The number of halogens is 1. The maximum absolute atomic E-state index is 13.9. The van der Waals surface area contributed by atoms with Gasteiger partial charge in [-0.2, -0.15) is 5.26 Å². The Morgan fingerprint density at radius 3 is 2.57 bits per heavy atom. The zero-order chi connectivity index (χ0) is 21.1. The number of nitriles is 1. The number of sulfonamides is 1. The van der Waals surface area contributed by atoms with Gasteiger partial charge in [-0.1, -0.05) is 42.5 Å². The minimum absolute atomic E-state index is 0.0146. The molecule has 1 aliphatic heterocycles. The summed E-state index contributed by atoms with van der Waals surface area (Å²) in [5.74, 6) is -0.372. The maximum Gasteiger partial charge on any atom is 0.266 e. The highest BCUT2D eigenvalue weighted by Gasteiger charge is 2.28. The van der Waals surface area contributed by atoms with E-state index in [0.717, 1.165) is 11.1 Å². The van der Waals surface area contributed by atoms with Gasteiger partial charge in [0.1, 0.15) is 10.7 Å². The van der Waals surface area contributed by atoms with Crippen LogP contribution in [0.1, 0.15) is 22.3 Å². The molecule has 0 aliphatic carbocycles. The normalized spacial score (nSPS) is 15.5. The monoisotopic (exact) mass is 420 g/mol. The first-order valence-electron chi connectivity index (χ1n) is 9.15. The van der Waals surface area contributed by atoms with E-state index in [1.54, 1.807) is 42.5 Å². The van der Waals surface area contributed by atoms with Crippen LogP contribution in [0.15, 0.2) is 76.6 Å². The minimum atomic E-state index is -3.82. The summed E-state index contributed by atoms with van der Waals surface area (Å²) >= 11 is 0. The molecule has 3 aromatic carbocycles. The Hall–Kier alpha value is -3.70. The van der Waals surface area contributed by atoms with Crippen molar-refractivity contribution in [3.8, 4) is 6.07 Å². The van der Waals surface area contributed by atoms with Crippen LogP contribution in [0, 0.1) is 17.1 Å². The van der Waals surface area contributed by atoms with Crippen molar-refractivity contribution in [3.05, 3.63) is 94.8 Å². The number of hydrogen-bond donors (Lipinski definition) is 2. The summed E-state index contributed by atoms with van der Waals surface area (Å²) in [5, 5.41) is 12.1. The number of aliphatic imine (C=N–C) groups is 1. The van der Waals surface area contributed by atoms with Gasteiger partial charge in [0.05, 0.1) is 23.9 Å². The molecule has 1 heterocycles. The van der Waals surface area contributed by atoms with Gasteiger partial charge < -0.3 is 5.32 Å². The highest BCUT2D eigenvalue weighted by molar-refractivity contribution is 7.90. The standard InChI is InChI=1S/C22H17FN4O2S/c23-19-9-2-1-7-18(19)14-25-22-26-21-17(8-4-10-20(21)30(28,29)27-22)12-15-5-3-6-16(11-15)13-24/h1-11H,12,14H2,(H2,25,26,27). The average molecular weight is 420 g/mol. The summed E-state index contributed by atoms with van der Waals surface area (Å²) in [6.07, 6.45) is 0.432. The fourth-order valence-corrected chi connectivity index (χ4v) is 4.44. The maximum atomic E-state index is 13.9. The highest BCUT2D eigenvalue weighted by atomic mass is 32.2. The van der Waals surface area contributed by atoms with Crippen LogP contribution in [0.2, 0.25) is 0 Å². The Balaban J connectivity index is 1.68. The lowest BCUT2D eigenvalue weighted by molar-refractivity contribution is 0.591. The second-order valence-electron chi connectivity index (χ2n) is 6.77. The summed E-state index contributed by atoms with van der Waals surface area (Å²) < 4.78 is 41.7. The fraction of sp³-hybridized carbons (Fsp3) is 0.0909. The number of fused-ring (bicyclic) bond motifs is 1. The Morgan fingerprint density at radius 1 is 1.00 bits per heavy atom. The van der Waals surface area contributed by atoms with E-state index in [9.17, 15) is 12.8 Å². The van der Waals surface area contributed by atoms with E-state index >= 15 is 0 Å². The smallest absolute Gasteiger partial charge is 0.266 e. The molecule has 0 atom stereocenters. The van der Waals surface area contributed by atoms with Crippen LogP contribution in [0.5, 0.6) is 0 Å². The second kappa shape index (κ2) is 7.97. The number of hydrogen-bond acceptors (Lipinski definition) is 4. The Bertz CT molecular complexity index is 1300. The minimum Gasteiger partial charge on any atom is -0.324 e. The van der Waals surface area contributed by atoms with Gasteiger partial charge in [0, 0.05) is 5.56 Å². The van der Waals surface area contributed by atoms with Gasteiger partial charge in [-0.05, 0) is 41.8 Å². The summed E-state index contributed by atoms with van der Waals surface area (Å²) in [7, 11) is -3.82. The van der Waals surface area contributed by atoms with Crippen LogP contribution in [0.4, 0.5) is 10.1 Å². The topological polar surface area (TPSA) is 94.3 Å². The number of rotatable bonds is 4. The molecule has 8 heteroatoms. The van der Waals surface area contributed by atoms with Crippen molar-refractivity contribution >= 4 is 21.7 Å². The number of nitrogens with zero attached hydrogens (tertiary/aromatic N) is 2. The number of anilines is 1. The average Bonchev–Trinajstić information content (AvgIpc) is 2.73. The molecule has 0 aromatic heterocycles. The van der Waals surface area contributed by atoms with E-state index in [1.165, 1.54) is 12.1 Å². The van der Waals surface area contributed by atoms with Gasteiger partial charge in [-0.3, -0.25) is 0 Å². The summed E-state index contributed by atoms with van der Waals surface area (Å²) in [4.78, 5) is 4.33. The molecule has 2 N–H and O–H groups in total. The highest BCUT2D eigenvalue weighted by Crippen LogP contribution is 2.30.